The summed E-state index contributed by atoms with van der Waals surface area (Å²) < 4.78 is 10.9. The lowest BCUT2D eigenvalue weighted by Crippen LogP contribution is -2.08. The van der Waals surface area contributed by atoms with Gasteiger partial charge in [0.15, 0.2) is 5.82 Å². The number of nitrogens with zero attached hydrogens (tertiary/aromatic N) is 2. The summed E-state index contributed by atoms with van der Waals surface area (Å²) >= 11 is 1.63. The number of methoxy groups -OCH3 is 1. The van der Waals surface area contributed by atoms with Crippen molar-refractivity contribution in [1.29, 1.82) is 0 Å². The molecule has 0 radical (unpaired) electrons. The zero-order valence-electron chi connectivity index (χ0n) is 17.2. The summed E-state index contributed by atoms with van der Waals surface area (Å²) in [5, 5.41) is 6.76. The van der Waals surface area contributed by atoms with Crippen LogP contribution >= 0.6 is 11.3 Å². The molecular weight excluding hydrogens is 394 g/mol. The SMILES string of the molecule is CCOCc1ccccc1CNc1nc(COC)nc2scc(-c3ccccc3)c12. The van der Waals surface area contributed by atoms with Gasteiger partial charge in [0.2, 0.25) is 0 Å². The van der Waals surface area contributed by atoms with Gasteiger partial charge in [0.1, 0.15) is 17.3 Å². The van der Waals surface area contributed by atoms with Gasteiger partial charge in [0, 0.05) is 31.2 Å². The summed E-state index contributed by atoms with van der Waals surface area (Å²) in [6, 6.07) is 18.7. The maximum atomic E-state index is 5.63. The fourth-order valence-electron chi connectivity index (χ4n) is 3.40. The van der Waals surface area contributed by atoms with Crippen LogP contribution in [0.5, 0.6) is 0 Å². The molecule has 154 valence electrons. The van der Waals surface area contributed by atoms with Crippen molar-refractivity contribution in [3.63, 3.8) is 0 Å². The van der Waals surface area contributed by atoms with Crippen molar-refractivity contribution in [2.45, 2.75) is 26.7 Å². The van der Waals surface area contributed by atoms with E-state index >= 15 is 0 Å². The second-order valence-corrected chi connectivity index (χ2v) is 7.73. The molecule has 0 aliphatic rings. The molecule has 0 atom stereocenters. The minimum atomic E-state index is 0.379. The Morgan fingerprint density at radius 1 is 0.933 bits per heavy atom. The van der Waals surface area contributed by atoms with E-state index in [9.17, 15) is 0 Å². The molecule has 30 heavy (non-hydrogen) atoms. The summed E-state index contributed by atoms with van der Waals surface area (Å²) in [5.41, 5.74) is 4.68. The van der Waals surface area contributed by atoms with E-state index in [2.05, 4.69) is 53.2 Å². The van der Waals surface area contributed by atoms with Crippen LogP contribution in [0.2, 0.25) is 0 Å². The Kier molecular flexibility index (Phi) is 6.69. The van der Waals surface area contributed by atoms with Gasteiger partial charge in [-0.25, -0.2) is 9.97 Å². The summed E-state index contributed by atoms with van der Waals surface area (Å²) in [6.07, 6.45) is 0. The monoisotopic (exact) mass is 419 g/mol. The molecule has 2 aromatic carbocycles. The maximum Gasteiger partial charge on any atom is 0.158 e. The number of ether oxygens (including phenoxy) is 2. The molecule has 2 aromatic heterocycles. The van der Waals surface area contributed by atoms with Gasteiger partial charge in [0.05, 0.1) is 12.0 Å². The number of anilines is 1. The van der Waals surface area contributed by atoms with Crippen molar-refractivity contribution in [3.8, 4) is 11.1 Å². The van der Waals surface area contributed by atoms with Crippen molar-refractivity contribution in [3.05, 3.63) is 76.9 Å². The van der Waals surface area contributed by atoms with E-state index in [0.717, 1.165) is 27.2 Å². The van der Waals surface area contributed by atoms with Crippen molar-refractivity contribution in [1.82, 2.24) is 9.97 Å². The van der Waals surface area contributed by atoms with Crippen LogP contribution in [0.25, 0.3) is 21.3 Å². The number of nitrogens with one attached hydrogen (secondary N) is 1. The molecule has 0 unspecified atom stereocenters. The number of rotatable bonds is 9. The molecule has 0 aliphatic heterocycles. The van der Waals surface area contributed by atoms with Gasteiger partial charge in [-0.15, -0.1) is 11.3 Å². The molecule has 4 aromatic rings. The van der Waals surface area contributed by atoms with Gasteiger partial charge in [-0.1, -0.05) is 54.6 Å². The summed E-state index contributed by atoms with van der Waals surface area (Å²) in [4.78, 5) is 10.5. The smallest absolute Gasteiger partial charge is 0.158 e. The third-order valence-corrected chi connectivity index (χ3v) is 5.74. The molecule has 5 nitrogen and oxygen atoms in total. The van der Waals surface area contributed by atoms with E-state index in [0.29, 0.717) is 32.2 Å². The zero-order valence-corrected chi connectivity index (χ0v) is 18.0. The van der Waals surface area contributed by atoms with E-state index in [1.54, 1.807) is 18.4 Å². The predicted molar refractivity (Wildman–Crippen MR) is 123 cm³/mol. The highest BCUT2D eigenvalue weighted by atomic mass is 32.1. The van der Waals surface area contributed by atoms with E-state index in [1.165, 1.54) is 11.1 Å². The first-order valence-electron chi connectivity index (χ1n) is 10.0. The number of hydrogen-bond donors (Lipinski definition) is 1. The van der Waals surface area contributed by atoms with Crippen LogP contribution in [0.4, 0.5) is 5.82 Å². The van der Waals surface area contributed by atoms with E-state index < -0.39 is 0 Å². The Labute approximate surface area is 180 Å². The number of aromatic nitrogens is 2. The number of hydrogen-bond acceptors (Lipinski definition) is 6. The minimum Gasteiger partial charge on any atom is -0.377 e. The Morgan fingerprint density at radius 3 is 2.47 bits per heavy atom. The molecule has 0 saturated heterocycles. The van der Waals surface area contributed by atoms with Crippen LogP contribution in [-0.2, 0) is 29.2 Å². The molecule has 6 heteroatoms. The van der Waals surface area contributed by atoms with Gasteiger partial charge in [-0.05, 0) is 23.6 Å². The van der Waals surface area contributed by atoms with Gasteiger partial charge in [-0.3, -0.25) is 0 Å². The Balaban J connectivity index is 1.71. The third kappa shape index (κ3) is 4.51. The lowest BCUT2D eigenvalue weighted by Gasteiger charge is -2.13. The standard InChI is InChI=1S/C24H25N3O2S/c1-3-29-14-19-12-8-7-11-18(19)13-25-23-22-20(17-9-5-4-6-10-17)16-30-24(22)27-21(26-23)15-28-2/h4-12,16H,3,13-15H2,1-2H3,(H,25,26,27). The topological polar surface area (TPSA) is 56.3 Å². The Bertz CT molecular complexity index is 1110. The van der Waals surface area contributed by atoms with Gasteiger partial charge < -0.3 is 14.8 Å². The van der Waals surface area contributed by atoms with E-state index in [-0.39, 0.29) is 0 Å². The fourth-order valence-corrected chi connectivity index (χ4v) is 4.37. The fraction of sp³-hybridized carbons (Fsp3) is 0.250. The number of thiophene rings is 1. The summed E-state index contributed by atoms with van der Waals surface area (Å²) in [5.74, 6) is 1.51. The quantitative estimate of drug-likeness (QED) is 0.380. The highest BCUT2D eigenvalue weighted by molar-refractivity contribution is 7.17. The summed E-state index contributed by atoms with van der Waals surface area (Å²) in [6.45, 7) is 4.35. The van der Waals surface area contributed by atoms with Crippen molar-refractivity contribution >= 4 is 27.4 Å². The molecule has 2 heterocycles. The molecule has 1 N–H and O–H groups in total. The predicted octanol–water partition coefficient (Wildman–Crippen LogP) is 5.65. The molecule has 0 spiro atoms. The average molecular weight is 420 g/mol. The average Bonchev–Trinajstić information content (AvgIpc) is 3.21. The van der Waals surface area contributed by atoms with Crippen LogP contribution in [0.1, 0.15) is 23.9 Å². The first-order valence-corrected chi connectivity index (χ1v) is 10.9. The van der Waals surface area contributed by atoms with Crippen LogP contribution < -0.4 is 5.32 Å². The first kappa shape index (κ1) is 20.5. The largest absolute Gasteiger partial charge is 0.377 e. The summed E-state index contributed by atoms with van der Waals surface area (Å²) in [7, 11) is 1.66. The Hall–Kier alpha value is -2.80. The maximum absolute atomic E-state index is 5.63. The normalized spacial score (nSPS) is 11.1. The zero-order chi connectivity index (χ0) is 20.8. The second kappa shape index (κ2) is 9.80. The van der Waals surface area contributed by atoms with E-state index in [1.807, 2.05) is 19.1 Å². The molecule has 0 bridgehead atoms. The molecule has 0 amide bonds. The van der Waals surface area contributed by atoms with E-state index in [4.69, 9.17) is 19.4 Å². The van der Waals surface area contributed by atoms with Gasteiger partial charge >= 0.3 is 0 Å². The first-order chi connectivity index (χ1) is 14.8. The van der Waals surface area contributed by atoms with Crippen molar-refractivity contribution in [2.75, 3.05) is 19.0 Å². The molecule has 0 saturated carbocycles. The molecule has 4 rings (SSSR count). The molecular formula is C24H25N3O2S. The minimum absolute atomic E-state index is 0.379. The lowest BCUT2D eigenvalue weighted by atomic mass is 10.1. The van der Waals surface area contributed by atoms with Crippen LogP contribution in [-0.4, -0.2) is 23.7 Å². The lowest BCUT2D eigenvalue weighted by molar-refractivity contribution is 0.133. The van der Waals surface area contributed by atoms with Crippen molar-refractivity contribution in [2.24, 2.45) is 0 Å². The third-order valence-electron chi connectivity index (χ3n) is 4.86. The Morgan fingerprint density at radius 2 is 1.70 bits per heavy atom. The number of fused-ring (bicyclic) bond motifs is 1. The van der Waals surface area contributed by atoms with Crippen molar-refractivity contribution < 1.29 is 9.47 Å². The van der Waals surface area contributed by atoms with Gasteiger partial charge in [0.25, 0.3) is 0 Å². The molecule has 0 aliphatic carbocycles. The molecule has 0 fully saturated rings. The second-order valence-electron chi connectivity index (χ2n) is 6.88. The highest BCUT2D eigenvalue weighted by Crippen LogP contribution is 2.37. The number of benzene rings is 2. The van der Waals surface area contributed by atoms with Crippen LogP contribution in [0.3, 0.4) is 0 Å². The van der Waals surface area contributed by atoms with Crippen LogP contribution in [0.15, 0.2) is 60.0 Å². The highest BCUT2D eigenvalue weighted by Gasteiger charge is 2.16. The van der Waals surface area contributed by atoms with Gasteiger partial charge in [-0.2, -0.15) is 0 Å². The van der Waals surface area contributed by atoms with Crippen LogP contribution in [0, 0.1) is 0 Å².